The molecule has 4 heteroatoms. The molecule has 0 radical (unpaired) electrons. The number of carbonyl (C=O) groups is 1. The van der Waals surface area contributed by atoms with Crippen molar-refractivity contribution >= 4 is 11.5 Å². The summed E-state index contributed by atoms with van der Waals surface area (Å²) in [4.78, 5) is 17.7. The van der Waals surface area contributed by atoms with Crippen LogP contribution in [0.15, 0.2) is 18.3 Å². The van der Waals surface area contributed by atoms with Gasteiger partial charge in [0, 0.05) is 37.0 Å². The number of ether oxygens (including phenoxy) is 1. The highest BCUT2D eigenvalue weighted by atomic mass is 16.5. The number of methoxy groups -OCH3 is 1. The van der Waals surface area contributed by atoms with Crippen LogP contribution in [0.3, 0.4) is 0 Å². The number of anilines is 1. The van der Waals surface area contributed by atoms with Gasteiger partial charge in [-0.1, -0.05) is 0 Å². The van der Waals surface area contributed by atoms with Crippen LogP contribution in [0.25, 0.3) is 0 Å². The molecule has 0 amide bonds. The van der Waals surface area contributed by atoms with Gasteiger partial charge in [-0.2, -0.15) is 0 Å². The topological polar surface area (TPSA) is 42.4 Å². The minimum Gasteiger partial charge on any atom is -0.481 e. The van der Waals surface area contributed by atoms with Crippen molar-refractivity contribution in [3.63, 3.8) is 0 Å². The summed E-state index contributed by atoms with van der Waals surface area (Å²) < 4.78 is 5.11. The first-order chi connectivity index (χ1) is 8.20. The second-order valence-corrected chi connectivity index (χ2v) is 4.43. The lowest BCUT2D eigenvalue weighted by atomic mass is 9.93. The summed E-state index contributed by atoms with van der Waals surface area (Å²) in [5.41, 5.74) is 1.12. The second kappa shape index (κ2) is 5.17. The Morgan fingerprint density at radius 2 is 2.18 bits per heavy atom. The van der Waals surface area contributed by atoms with Gasteiger partial charge < -0.3 is 9.64 Å². The third kappa shape index (κ3) is 2.75. The van der Waals surface area contributed by atoms with Crippen LogP contribution >= 0.6 is 0 Å². The average molecular weight is 234 g/mol. The molecule has 1 aliphatic rings. The van der Waals surface area contributed by atoms with E-state index in [1.165, 1.54) is 0 Å². The molecular weight excluding hydrogens is 216 g/mol. The molecule has 0 bridgehead atoms. The van der Waals surface area contributed by atoms with Crippen molar-refractivity contribution in [2.24, 2.45) is 5.92 Å². The van der Waals surface area contributed by atoms with Crippen molar-refractivity contribution < 1.29 is 9.53 Å². The number of carbonyl (C=O) groups excluding carboxylic acids is 1. The number of hydrogen-bond donors (Lipinski definition) is 0. The summed E-state index contributed by atoms with van der Waals surface area (Å²) in [5, 5.41) is 0. The zero-order valence-electron chi connectivity index (χ0n) is 10.3. The molecule has 0 atom stereocenters. The van der Waals surface area contributed by atoms with Crippen LogP contribution < -0.4 is 9.64 Å². The Morgan fingerprint density at radius 1 is 1.47 bits per heavy atom. The fourth-order valence-corrected chi connectivity index (χ4v) is 2.25. The lowest BCUT2D eigenvalue weighted by Gasteiger charge is -2.32. The lowest BCUT2D eigenvalue weighted by molar-refractivity contribution is -0.121. The molecular formula is C13H18N2O2. The first kappa shape index (κ1) is 11.9. The molecule has 1 aromatic rings. The maximum absolute atomic E-state index is 11.3. The van der Waals surface area contributed by atoms with E-state index in [0.29, 0.717) is 11.7 Å². The van der Waals surface area contributed by atoms with Crippen LogP contribution in [0, 0.1) is 5.92 Å². The van der Waals surface area contributed by atoms with Gasteiger partial charge in [0.1, 0.15) is 5.78 Å². The molecule has 1 aromatic heterocycles. The second-order valence-electron chi connectivity index (χ2n) is 4.43. The quantitative estimate of drug-likeness (QED) is 0.801. The predicted molar refractivity (Wildman–Crippen MR) is 66.4 cm³/mol. The molecule has 1 aliphatic heterocycles. The smallest absolute Gasteiger partial charge is 0.214 e. The molecule has 0 spiro atoms. The average Bonchev–Trinajstić information content (AvgIpc) is 2.39. The normalized spacial score (nSPS) is 16.9. The molecule has 0 unspecified atom stereocenters. The molecule has 2 heterocycles. The number of piperidine rings is 1. The zero-order valence-corrected chi connectivity index (χ0v) is 10.3. The molecule has 1 fully saturated rings. The minimum absolute atomic E-state index is 0.245. The maximum Gasteiger partial charge on any atom is 0.214 e. The van der Waals surface area contributed by atoms with Crippen LogP contribution in [0.2, 0.25) is 0 Å². The first-order valence-corrected chi connectivity index (χ1v) is 5.96. The predicted octanol–water partition coefficient (Wildman–Crippen LogP) is 1.90. The number of nitrogens with zero attached hydrogens (tertiary/aromatic N) is 2. The van der Waals surface area contributed by atoms with E-state index in [0.717, 1.165) is 31.6 Å². The third-order valence-corrected chi connectivity index (χ3v) is 3.36. The molecule has 0 aliphatic carbocycles. The van der Waals surface area contributed by atoms with E-state index in [1.54, 1.807) is 20.2 Å². The maximum atomic E-state index is 11.3. The van der Waals surface area contributed by atoms with Gasteiger partial charge in [0.2, 0.25) is 5.88 Å². The highest BCUT2D eigenvalue weighted by molar-refractivity contribution is 5.78. The van der Waals surface area contributed by atoms with Crippen molar-refractivity contribution in [3.05, 3.63) is 18.3 Å². The molecule has 2 rings (SSSR count). The van der Waals surface area contributed by atoms with E-state index >= 15 is 0 Å². The summed E-state index contributed by atoms with van der Waals surface area (Å²) in [6.07, 6.45) is 3.64. The number of pyridine rings is 1. The summed E-state index contributed by atoms with van der Waals surface area (Å²) in [6.45, 7) is 3.55. The molecule has 4 nitrogen and oxygen atoms in total. The fourth-order valence-electron chi connectivity index (χ4n) is 2.25. The Kier molecular flexibility index (Phi) is 3.61. The summed E-state index contributed by atoms with van der Waals surface area (Å²) >= 11 is 0. The Bertz CT molecular complexity index is 398. The number of ketones is 1. The van der Waals surface area contributed by atoms with Crippen molar-refractivity contribution in [2.75, 3.05) is 25.1 Å². The van der Waals surface area contributed by atoms with Gasteiger partial charge in [-0.05, 0) is 25.8 Å². The van der Waals surface area contributed by atoms with Crippen molar-refractivity contribution in [1.82, 2.24) is 4.98 Å². The number of rotatable bonds is 3. The lowest BCUT2D eigenvalue weighted by Crippen LogP contribution is -2.35. The van der Waals surface area contributed by atoms with Crippen LogP contribution in [0.5, 0.6) is 5.88 Å². The summed E-state index contributed by atoms with van der Waals surface area (Å²) in [6, 6.07) is 3.92. The highest BCUT2D eigenvalue weighted by Crippen LogP contribution is 2.25. The van der Waals surface area contributed by atoms with Crippen molar-refractivity contribution in [3.8, 4) is 5.88 Å². The third-order valence-electron chi connectivity index (χ3n) is 3.36. The SMILES string of the molecule is COc1cc(N2CCC(C(C)=O)CC2)ccn1. The van der Waals surface area contributed by atoms with E-state index in [4.69, 9.17) is 4.74 Å². The molecule has 1 saturated heterocycles. The molecule has 0 aromatic carbocycles. The van der Waals surface area contributed by atoms with E-state index < -0.39 is 0 Å². The highest BCUT2D eigenvalue weighted by Gasteiger charge is 2.22. The minimum atomic E-state index is 0.245. The Morgan fingerprint density at radius 3 is 2.76 bits per heavy atom. The summed E-state index contributed by atoms with van der Waals surface area (Å²) in [7, 11) is 1.62. The molecule has 17 heavy (non-hydrogen) atoms. The largest absolute Gasteiger partial charge is 0.481 e. The number of Topliss-reactive ketones (excluding diaryl/α,β-unsaturated/α-hetero) is 1. The molecule has 0 saturated carbocycles. The van der Waals surface area contributed by atoms with E-state index in [1.807, 2.05) is 12.1 Å². The van der Waals surface area contributed by atoms with Gasteiger partial charge in [-0.15, -0.1) is 0 Å². The number of aromatic nitrogens is 1. The van der Waals surface area contributed by atoms with E-state index in [9.17, 15) is 4.79 Å². The van der Waals surface area contributed by atoms with Crippen molar-refractivity contribution in [1.29, 1.82) is 0 Å². The van der Waals surface area contributed by atoms with Gasteiger partial charge in [0.05, 0.1) is 7.11 Å². The van der Waals surface area contributed by atoms with Crippen LogP contribution in [-0.4, -0.2) is 31.0 Å². The molecule has 92 valence electrons. The van der Waals surface area contributed by atoms with Gasteiger partial charge in [0.25, 0.3) is 0 Å². The van der Waals surface area contributed by atoms with Crippen LogP contribution in [0.4, 0.5) is 5.69 Å². The first-order valence-electron chi connectivity index (χ1n) is 5.96. The van der Waals surface area contributed by atoms with Gasteiger partial charge in [-0.3, -0.25) is 4.79 Å². The monoisotopic (exact) mass is 234 g/mol. The van der Waals surface area contributed by atoms with E-state index in [-0.39, 0.29) is 5.92 Å². The standard InChI is InChI=1S/C13H18N2O2/c1-10(16)11-4-7-15(8-5-11)12-3-6-14-13(9-12)17-2/h3,6,9,11H,4-5,7-8H2,1-2H3. The Labute approximate surface area is 102 Å². The Balaban J connectivity index is 2.02. The zero-order chi connectivity index (χ0) is 12.3. The number of hydrogen-bond acceptors (Lipinski definition) is 4. The van der Waals surface area contributed by atoms with Gasteiger partial charge >= 0.3 is 0 Å². The van der Waals surface area contributed by atoms with Gasteiger partial charge in [-0.25, -0.2) is 4.98 Å². The van der Waals surface area contributed by atoms with Crippen LogP contribution in [0.1, 0.15) is 19.8 Å². The summed E-state index contributed by atoms with van der Waals surface area (Å²) in [5.74, 6) is 1.20. The van der Waals surface area contributed by atoms with E-state index in [2.05, 4.69) is 9.88 Å². The molecule has 0 N–H and O–H groups in total. The van der Waals surface area contributed by atoms with Crippen molar-refractivity contribution in [2.45, 2.75) is 19.8 Å². The Hall–Kier alpha value is -1.58. The van der Waals surface area contributed by atoms with Gasteiger partial charge in [0.15, 0.2) is 0 Å². The fraction of sp³-hybridized carbons (Fsp3) is 0.538. The van der Waals surface area contributed by atoms with Crippen LogP contribution in [-0.2, 0) is 4.79 Å².